The molecule has 14 heteroatoms. The van der Waals surface area contributed by atoms with Crippen LogP contribution in [0.25, 0.3) is 21.0 Å². The zero-order chi connectivity index (χ0) is 30.0. The number of alkyl halides is 3. The summed E-state index contributed by atoms with van der Waals surface area (Å²) < 4.78 is 51.4. The lowest BCUT2D eigenvalue weighted by Gasteiger charge is -2.11. The molecule has 5 rings (SSSR count). The van der Waals surface area contributed by atoms with E-state index in [0.29, 0.717) is 26.2 Å². The average molecular weight is 617 g/mol. The summed E-state index contributed by atoms with van der Waals surface area (Å²) in [6.07, 6.45) is -4.48. The van der Waals surface area contributed by atoms with Crippen molar-refractivity contribution in [2.75, 3.05) is 6.61 Å². The molecule has 1 unspecified atom stereocenters. The summed E-state index contributed by atoms with van der Waals surface area (Å²) in [7, 11) is 0. The Morgan fingerprint density at radius 3 is 2.55 bits per heavy atom. The number of rotatable bonds is 9. The monoisotopic (exact) mass is 616 g/mol. The van der Waals surface area contributed by atoms with Gasteiger partial charge in [-0.2, -0.15) is 29.6 Å². The van der Waals surface area contributed by atoms with Gasteiger partial charge in [-0.3, -0.25) is 14.4 Å². The third kappa shape index (κ3) is 6.50. The summed E-state index contributed by atoms with van der Waals surface area (Å²) in [5, 5.41) is 9.03. The van der Waals surface area contributed by atoms with Crippen molar-refractivity contribution in [1.82, 2.24) is 14.8 Å². The Balaban J connectivity index is 1.32. The van der Waals surface area contributed by atoms with Crippen molar-refractivity contribution in [1.29, 1.82) is 0 Å². The number of hydrogen-bond acceptors (Lipinski definition) is 10. The van der Waals surface area contributed by atoms with Crippen LogP contribution in [0.15, 0.2) is 58.0 Å². The van der Waals surface area contributed by atoms with Gasteiger partial charge >= 0.3 is 18.1 Å². The zero-order valence-corrected chi connectivity index (χ0v) is 23.6. The number of fused-ring (bicyclic) bond motifs is 2. The lowest BCUT2D eigenvalue weighted by Crippen LogP contribution is -2.34. The SMILES string of the molecule is CCOC(=O)C(N)Cc1ccc(OC(=O)Cc2nn(Cc3nc4cc(C(F)(F)F)ccc4s3)c(=O)c3cscc23)cc1. The summed E-state index contributed by atoms with van der Waals surface area (Å²) in [5.74, 6) is -0.841. The standard InChI is InChI=1S/C28H23F3N4O5S2/c1-2-39-27(38)20(32)9-15-3-6-17(7-4-15)40-25(36)11-21-18-13-41-14-19(18)26(37)35(34-21)12-24-33-22-10-16(28(29,30)31)5-8-23(22)42-24/h3-8,10,13-14,20H,2,9,11-12,32H2,1H3. The van der Waals surface area contributed by atoms with Crippen LogP contribution in [0.2, 0.25) is 0 Å². The molecule has 0 amide bonds. The number of hydrogen-bond donors (Lipinski definition) is 1. The predicted octanol–water partition coefficient (Wildman–Crippen LogP) is 4.72. The number of aromatic nitrogens is 3. The first kappa shape index (κ1) is 29.4. The first-order chi connectivity index (χ1) is 20.0. The van der Waals surface area contributed by atoms with Gasteiger partial charge in [0.15, 0.2) is 0 Å². The third-order valence-electron chi connectivity index (χ3n) is 6.24. The minimum atomic E-state index is -4.50. The molecule has 218 valence electrons. The van der Waals surface area contributed by atoms with E-state index in [4.69, 9.17) is 15.2 Å². The van der Waals surface area contributed by atoms with Crippen LogP contribution in [0, 0.1) is 0 Å². The maximum Gasteiger partial charge on any atom is 0.416 e. The summed E-state index contributed by atoms with van der Waals surface area (Å²) in [6, 6.07) is 9.03. The molecule has 5 aromatic rings. The Morgan fingerprint density at radius 2 is 1.83 bits per heavy atom. The molecule has 9 nitrogen and oxygen atoms in total. The first-order valence-electron chi connectivity index (χ1n) is 12.7. The van der Waals surface area contributed by atoms with Crippen LogP contribution in [0.1, 0.15) is 28.8 Å². The number of nitrogens with zero attached hydrogens (tertiary/aromatic N) is 3. The van der Waals surface area contributed by atoms with Crippen molar-refractivity contribution in [3.05, 3.63) is 85.4 Å². The molecule has 3 aromatic heterocycles. The Morgan fingerprint density at radius 1 is 1.10 bits per heavy atom. The van der Waals surface area contributed by atoms with Crippen molar-refractivity contribution < 1.29 is 32.2 Å². The Bertz CT molecular complexity index is 1830. The highest BCUT2D eigenvalue weighted by molar-refractivity contribution is 7.18. The molecule has 1 atom stereocenters. The topological polar surface area (TPSA) is 126 Å². The number of esters is 2. The van der Waals surface area contributed by atoms with Crippen LogP contribution >= 0.6 is 22.7 Å². The molecular formula is C28H23F3N4O5S2. The summed E-state index contributed by atoms with van der Waals surface area (Å²) in [6.45, 7) is 1.85. The summed E-state index contributed by atoms with van der Waals surface area (Å²) in [5.41, 5.74) is 5.88. The van der Waals surface area contributed by atoms with Crippen molar-refractivity contribution >= 4 is 55.6 Å². The third-order valence-corrected chi connectivity index (χ3v) is 8.00. The van der Waals surface area contributed by atoms with E-state index < -0.39 is 35.3 Å². The zero-order valence-electron chi connectivity index (χ0n) is 22.0. The molecule has 0 aliphatic rings. The number of thiazole rings is 1. The molecule has 0 spiro atoms. The number of halogens is 3. The van der Waals surface area contributed by atoms with E-state index in [2.05, 4.69) is 10.1 Å². The van der Waals surface area contributed by atoms with Crippen molar-refractivity contribution in [3.63, 3.8) is 0 Å². The van der Waals surface area contributed by atoms with Gasteiger partial charge in [-0.1, -0.05) is 12.1 Å². The van der Waals surface area contributed by atoms with Gasteiger partial charge in [0.25, 0.3) is 5.56 Å². The highest BCUT2D eigenvalue weighted by Gasteiger charge is 2.31. The highest BCUT2D eigenvalue weighted by atomic mass is 32.1. The highest BCUT2D eigenvalue weighted by Crippen LogP contribution is 2.33. The number of carbonyl (C=O) groups is 2. The minimum absolute atomic E-state index is 0.0806. The van der Waals surface area contributed by atoms with Gasteiger partial charge in [-0.15, -0.1) is 11.3 Å². The van der Waals surface area contributed by atoms with Gasteiger partial charge in [-0.25, -0.2) is 9.67 Å². The molecule has 0 saturated carbocycles. The van der Waals surface area contributed by atoms with Crippen LogP contribution in [-0.4, -0.2) is 39.4 Å². The number of benzene rings is 2. The number of nitrogens with two attached hydrogens (primary N) is 1. The van der Waals surface area contributed by atoms with Gasteiger partial charge < -0.3 is 15.2 Å². The van der Waals surface area contributed by atoms with Crippen LogP contribution in [0.3, 0.4) is 0 Å². The molecule has 0 aliphatic carbocycles. The smallest absolute Gasteiger partial charge is 0.416 e. The maximum absolute atomic E-state index is 13.1. The lowest BCUT2D eigenvalue weighted by molar-refractivity contribution is -0.144. The van der Waals surface area contributed by atoms with Gasteiger partial charge in [0.2, 0.25) is 0 Å². The van der Waals surface area contributed by atoms with E-state index in [1.165, 1.54) is 17.4 Å². The molecular weight excluding hydrogens is 593 g/mol. The fourth-order valence-corrected chi connectivity index (χ4v) is 6.00. The molecule has 42 heavy (non-hydrogen) atoms. The fraction of sp³-hybridized carbons (Fsp3) is 0.250. The van der Waals surface area contributed by atoms with Gasteiger partial charge in [-0.05, 0) is 49.2 Å². The van der Waals surface area contributed by atoms with Crippen LogP contribution in [0.4, 0.5) is 13.2 Å². The largest absolute Gasteiger partial charge is 0.465 e. The number of thiophene rings is 1. The minimum Gasteiger partial charge on any atom is -0.465 e. The molecule has 2 aromatic carbocycles. The van der Waals surface area contributed by atoms with Crippen molar-refractivity contribution in [3.8, 4) is 5.75 Å². The lowest BCUT2D eigenvalue weighted by atomic mass is 10.1. The molecule has 3 heterocycles. The Kier molecular flexibility index (Phi) is 8.38. The van der Waals surface area contributed by atoms with E-state index in [-0.39, 0.29) is 37.3 Å². The molecule has 0 fully saturated rings. The maximum atomic E-state index is 13.1. The molecule has 0 saturated heterocycles. The normalized spacial score (nSPS) is 12.5. The molecule has 0 radical (unpaired) electrons. The summed E-state index contributed by atoms with van der Waals surface area (Å²) in [4.78, 5) is 42.0. The van der Waals surface area contributed by atoms with Crippen LogP contribution < -0.4 is 16.0 Å². The Labute approximate surface area is 244 Å². The Hall–Kier alpha value is -4.14. The first-order valence-corrected chi connectivity index (χ1v) is 14.4. The van der Waals surface area contributed by atoms with Crippen molar-refractivity contribution in [2.45, 2.75) is 38.5 Å². The van der Waals surface area contributed by atoms with E-state index in [0.717, 1.165) is 33.7 Å². The van der Waals surface area contributed by atoms with Crippen LogP contribution in [0.5, 0.6) is 5.75 Å². The van der Waals surface area contributed by atoms with Gasteiger partial charge in [0, 0.05) is 16.1 Å². The quantitative estimate of drug-likeness (QED) is 0.186. The second-order valence-corrected chi connectivity index (χ2v) is 11.1. The number of ether oxygens (including phenoxy) is 2. The fourth-order valence-electron chi connectivity index (χ4n) is 4.24. The second kappa shape index (κ2) is 12.0. The molecule has 0 bridgehead atoms. The van der Waals surface area contributed by atoms with Gasteiger partial charge in [0.1, 0.15) is 16.8 Å². The van der Waals surface area contributed by atoms with Crippen molar-refractivity contribution in [2.24, 2.45) is 5.73 Å². The van der Waals surface area contributed by atoms with E-state index in [1.807, 2.05) is 0 Å². The summed E-state index contributed by atoms with van der Waals surface area (Å²) >= 11 is 2.44. The van der Waals surface area contributed by atoms with E-state index in [1.54, 1.807) is 41.9 Å². The van der Waals surface area contributed by atoms with Gasteiger partial charge in [0.05, 0.1) is 46.4 Å². The molecule has 2 N–H and O–H groups in total. The van der Waals surface area contributed by atoms with E-state index >= 15 is 0 Å². The van der Waals surface area contributed by atoms with Crippen LogP contribution in [-0.2, 0) is 39.9 Å². The second-order valence-electron chi connectivity index (χ2n) is 9.25. The number of carbonyl (C=O) groups excluding carboxylic acids is 2. The average Bonchev–Trinajstić information content (AvgIpc) is 3.59. The van der Waals surface area contributed by atoms with E-state index in [9.17, 15) is 27.6 Å². The predicted molar refractivity (Wildman–Crippen MR) is 152 cm³/mol. The molecule has 0 aliphatic heterocycles.